The Bertz CT molecular complexity index is 755. The molecule has 1 aromatic heterocycles. The van der Waals surface area contributed by atoms with Gasteiger partial charge in [-0.2, -0.15) is 0 Å². The van der Waals surface area contributed by atoms with Gasteiger partial charge in [0.25, 0.3) is 0 Å². The number of benzene rings is 2. The highest BCUT2D eigenvalue weighted by molar-refractivity contribution is 9.10. The predicted octanol–water partition coefficient (Wildman–Crippen LogP) is 4.88. The van der Waals surface area contributed by atoms with Crippen LogP contribution in [0.5, 0.6) is 5.75 Å². The summed E-state index contributed by atoms with van der Waals surface area (Å²) in [5.74, 6) is 0.886. The molecule has 0 amide bonds. The van der Waals surface area contributed by atoms with Gasteiger partial charge in [0, 0.05) is 16.1 Å². The van der Waals surface area contributed by atoms with E-state index in [0.29, 0.717) is 6.61 Å². The van der Waals surface area contributed by atoms with E-state index in [0.717, 1.165) is 26.7 Å². The minimum absolute atomic E-state index is 0.561. The van der Waals surface area contributed by atoms with E-state index in [4.69, 9.17) is 4.74 Å². The number of nitrogens with zero attached hydrogens (tertiary/aromatic N) is 1. The molecule has 100 valence electrons. The normalized spacial score (nSPS) is 10.7. The fraction of sp³-hybridized carbons (Fsp3) is 0.118. The van der Waals surface area contributed by atoms with Gasteiger partial charge in [-0.1, -0.05) is 28.1 Å². The van der Waals surface area contributed by atoms with Crippen molar-refractivity contribution in [2.24, 2.45) is 0 Å². The number of hydrogen-bond donors (Lipinski definition) is 0. The molecule has 2 aromatic carbocycles. The van der Waals surface area contributed by atoms with E-state index in [9.17, 15) is 0 Å². The molecule has 0 aliphatic carbocycles. The Morgan fingerprint density at radius 2 is 2.00 bits per heavy atom. The molecule has 0 aliphatic heterocycles. The Morgan fingerprint density at radius 3 is 2.85 bits per heavy atom. The zero-order chi connectivity index (χ0) is 13.9. The Balaban J connectivity index is 1.77. The number of aryl methyl sites for hydroxylation is 1. The molecule has 0 N–H and O–H groups in total. The van der Waals surface area contributed by atoms with Crippen LogP contribution in [0.4, 0.5) is 0 Å². The van der Waals surface area contributed by atoms with Crippen molar-refractivity contribution in [1.82, 2.24) is 4.98 Å². The lowest BCUT2D eigenvalue weighted by molar-refractivity contribution is 0.306. The molecule has 3 rings (SSSR count). The molecule has 0 spiro atoms. The van der Waals surface area contributed by atoms with Crippen molar-refractivity contribution in [2.75, 3.05) is 0 Å². The highest BCUT2D eigenvalue weighted by Crippen LogP contribution is 2.22. The Kier molecular flexibility index (Phi) is 3.70. The van der Waals surface area contributed by atoms with Crippen LogP contribution >= 0.6 is 15.9 Å². The standard InChI is InChI=1S/C17H14BrNO/c1-12-9-15(5-6-16(12)18)20-11-13-4-7-17-14(10-13)3-2-8-19-17/h2-10H,11H2,1H3. The molecular weight excluding hydrogens is 314 g/mol. The summed E-state index contributed by atoms with van der Waals surface area (Å²) in [6, 6.07) is 16.2. The van der Waals surface area contributed by atoms with Crippen LogP contribution in [0.2, 0.25) is 0 Å². The minimum Gasteiger partial charge on any atom is -0.489 e. The fourth-order valence-corrected chi connectivity index (χ4v) is 2.34. The molecule has 0 saturated carbocycles. The third-order valence-corrected chi connectivity index (χ3v) is 4.09. The van der Waals surface area contributed by atoms with Gasteiger partial charge in [0.15, 0.2) is 0 Å². The van der Waals surface area contributed by atoms with Crippen LogP contribution in [-0.4, -0.2) is 4.98 Å². The number of fused-ring (bicyclic) bond motifs is 1. The number of ether oxygens (including phenoxy) is 1. The number of hydrogen-bond acceptors (Lipinski definition) is 2. The molecule has 20 heavy (non-hydrogen) atoms. The Morgan fingerprint density at radius 1 is 1.10 bits per heavy atom. The average molecular weight is 328 g/mol. The summed E-state index contributed by atoms with van der Waals surface area (Å²) >= 11 is 3.49. The van der Waals surface area contributed by atoms with Crippen LogP contribution in [0.25, 0.3) is 10.9 Å². The first-order chi connectivity index (χ1) is 9.72. The van der Waals surface area contributed by atoms with E-state index < -0.39 is 0 Å². The first-order valence-corrected chi connectivity index (χ1v) is 7.24. The number of aromatic nitrogens is 1. The summed E-state index contributed by atoms with van der Waals surface area (Å²) in [5.41, 5.74) is 3.33. The molecule has 0 unspecified atom stereocenters. The molecule has 0 bridgehead atoms. The van der Waals surface area contributed by atoms with Gasteiger partial charge in [-0.15, -0.1) is 0 Å². The number of rotatable bonds is 3. The van der Waals surface area contributed by atoms with Gasteiger partial charge < -0.3 is 4.74 Å². The maximum Gasteiger partial charge on any atom is 0.120 e. The maximum atomic E-state index is 5.84. The molecule has 0 aliphatic rings. The van der Waals surface area contributed by atoms with E-state index in [2.05, 4.69) is 46.0 Å². The molecule has 3 heteroatoms. The minimum atomic E-state index is 0.561. The summed E-state index contributed by atoms with van der Waals surface area (Å²) in [7, 11) is 0. The second-order valence-electron chi connectivity index (χ2n) is 4.73. The first-order valence-electron chi connectivity index (χ1n) is 6.45. The maximum absolute atomic E-state index is 5.84. The summed E-state index contributed by atoms with van der Waals surface area (Å²) < 4.78 is 6.93. The number of pyridine rings is 1. The van der Waals surface area contributed by atoms with E-state index in [-0.39, 0.29) is 0 Å². The van der Waals surface area contributed by atoms with Crippen LogP contribution < -0.4 is 4.74 Å². The van der Waals surface area contributed by atoms with E-state index >= 15 is 0 Å². The van der Waals surface area contributed by atoms with Gasteiger partial charge in [-0.05, 0) is 54.4 Å². The smallest absolute Gasteiger partial charge is 0.120 e. The summed E-state index contributed by atoms with van der Waals surface area (Å²) in [4.78, 5) is 4.32. The van der Waals surface area contributed by atoms with Crippen LogP contribution in [0.15, 0.2) is 59.2 Å². The summed E-state index contributed by atoms with van der Waals surface area (Å²) in [5, 5.41) is 1.14. The van der Waals surface area contributed by atoms with Gasteiger partial charge in [0.1, 0.15) is 12.4 Å². The largest absolute Gasteiger partial charge is 0.489 e. The van der Waals surface area contributed by atoms with Crippen molar-refractivity contribution in [3.63, 3.8) is 0 Å². The van der Waals surface area contributed by atoms with Crippen LogP contribution in [0.3, 0.4) is 0 Å². The molecule has 1 heterocycles. The lowest BCUT2D eigenvalue weighted by Gasteiger charge is -2.08. The van der Waals surface area contributed by atoms with Crippen LogP contribution in [-0.2, 0) is 6.61 Å². The second kappa shape index (κ2) is 5.63. The van der Waals surface area contributed by atoms with Gasteiger partial charge in [-0.3, -0.25) is 4.98 Å². The molecule has 0 atom stereocenters. The lowest BCUT2D eigenvalue weighted by Crippen LogP contribution is -1.96. The zero-order valence-electron chi connectivity index (χ0n) is 11.1. The van der Waals surface area contributed by atoms with Gasteiger partial charge in [0.05, 0.1) is 5.52 Å². The van der Waals surface area contributed by atoms with E-state index in [1.54, 1.807) is 0 Å². The van der Waals surface area contributed by atoms with E-state index in [1.165, 1.54) is 5.56 Å². The molecule has 0 fully saturated rings. The highest BCUT2D eigenvalue weighted by atomic mass is 79.9. The summed E-state index contributed by atoms with van der Waals surface area (Å²) in [6.07, 6.45) is 1.81. The van der Waals surface area contributed by atoms with Crippen molar-refractivity contribution in [1.29, 1.82) is 0 Å². The summed E-state index contributed by atoms with van der Waals surface area (Å²) in [6.45, 7) is 2.62. The van der Waals surface area contributed by atoms with Crippen LogP contribution in [0.1, 0.15) is 11.1 Å². The topological polar surface area (TPSA) is 22.1 Å². The second-order valence-corrected chi connectivity index (χ2v) is 5.58. The van der Waals surface area contributed by atoms with Crippen molar-refractivity contribution in [3.8, 4) is 5.75 Å². The van der Waals surface area contributed by atoms with Crippen molar-refractivity contribution >= 4 is 26.8 Å². The lowest BCUT2D eigenvalue weighted by atomic mass is 10.1. The van der Waals surface area contributed by atoms with E-state index in [1.807, 2.05) is 36.5 Å². The quantitative estimate of drug-likeness (QED) is 0.683. The molecule has 3 aromatic rings. The Hall–Kier alpha value is -1.87. The molecule has 2 nitrogen and oxygen atoms in total. The van der Waals surface area contributed by atoms with Crippen molar-refractivity contribution in [2.45, 2.75) is 13.5 Å². The van der Waals surface area contributed by atoms with Crippen molar-refractivity contribution in [3.05, 3.63) is 70.3 Å². The Labute approximate surface area is 126 Å². The zero-order valence-corrected chi connectivity index (χ0v) is 12.7. The molecule has 0 saturated heterocycles. The monoisotopic (exact) mass is 327 g/mol. The highest BCUT2D eigenvalue weighted by Gasteiger charge is 2.01. The van der Waals surface area contributed by atoms with Gasteiger partial charge in [-0.25, -0.2) is 0 Å². The van der Waals surface area contributed by atoms with Crippen LogP contribution in [0, 0.1) is 6.92 Å². The molecule has 0 radical (unpaired) electrons. The third-order valence-electron chi connectivity index (χ3n) is 3.20. The predicted molar refractivity (Wildman–Crippen MR) is 85.0 cm³/mol. The van der Waals surface area contributed by atoms with Crippen molar-refractivity contribution < 1.29 is 4.74 Å². The SMILES string of the molecule is Cc1cc(OCc2ccc3ncccc3c2)ccc1Br. The third kappa shape index (κ3) is 2.83. The molecular formula is C17H14BrNO. The van der Waals surface area contributed by atoms with Gasteiger partial charge >= 0.3 is 0 Å². The van der Waals surface area contributed by atoms with Gasteiger partial charge in [0.2, 0.25) is 0 Å². The first kappa shape index (κ1) is 13.1. The fourth-order valence-electron chi connectivity index (χ4n) is 2.09. The number of halogens is 1. The average Bonchev–Trinajstić information content (AvgIpc) is 2.48.